The van der Waals surface area contributed by atoms with Gasteiger partial charge in [-0.05, 0) is 43.2 Å². The number of rotatable bonds is 5. The number of nitrogens with two attached hydrogens (primary N) is 1. The number of benzene rings is 1. The van der Waals surface area contributed by atoms with Gasteiger partial charge >= 0.3 is 0 Å². The number of hydrogen-bond acceptors (Lipinski definition) is 3. The van der Waals surface area contributed by atoms with Crippen LogP contribution in [-0.4, -0.2) is 19.3 Å². The summed E-state index contributed by atoms with van der Waals surface area (Å²) in [6, 6.07) is 5.15. The zero-order valence-electron chi connectivity index (χ0n) is 10.9. The van der Waals surface area contributed by atoms with Crippen molar-refractivity contribution in [3.05, 3.63) is 34.6 Å². The van der Waals surface area contributed by atoms with Crippen LogP contribution in [0, 0.1) is 11.7 Å². The number of hydrazine groups is 1. The summed E-state index contributed by atoms with van der Waals surface area (Å²) >= 11 is 5.79. The Balaban J connectivity index is 1.96. The summed E-state index contributed by atoms with van der Waals surface area (Å²) in [6.45, 7) is 1.63. The molecule has 0 aromatic heterocycles. The van der Waals surface area contributed by atoms with Crippen molar-refractivity contribution in [2.75, 3.05) is 13.2 Å². The fourth-order valence-electron chi connectivity index (χ4n) is 2.57. The van der Waals surface area contributed by atoms with E-state index in [9.17, 15) is 4.39 Å². The molecule has 1 aliphatic rings. The largest absolute Gasteiger partial charge is 0.381 e. The van der Waals surface area contributed by atoms with Gasteiger partial charge in [-0.1, -0.05) is 23.7 Å². The van der Waals surface area contributed by atoms with Gasteiger partial charge < -0.3 is 4.74 Å². The Morgan fingerprint density at radius 2 is 2.16 bits per heavy atom. The minimum Gasteiger partial charge on any atom is -0.381 e. The summed E-state index contributed by atoms with van der Waals surface area (Å²) in [5.41, 5.74) is 3.41. The monoisotopic (exact) mass is 286 g/mol. The summed E-state index contributed by atoms with van der Waals surface area (Å²) in [4.78, 5) is 0. The van der Waals surface area contributed by atoms with E-state index < -0.39 is 0 Å². The molecule has 3 nitrogen and oxygen atoms in total. The van der Waals surface area contributed by atoms with Gasteiger partial charge in [0.05, 0.1) is 5.02 Å². The van der Waals surface area contributed by atoms with E-state index in [4.69, 9.17) is 22.2 Å². The Morgan fingerprint density at radius 1 is 1.42 bits per heavy atom. The Hall–Kier alpha value is -0.680. The van der Waals surface area contributed by atoms with Gasteiger partial charge in [-0.15, -0.1) is 0 Å². The lowest BCUT2D eigenvalue weighted by Crippen LogP contribution is -2.39. The van der Waals surface area contributed by atoms with Crippen molar-refractivity contribution in [1.82, 2.24) is 5.43 Å². The highest BCUT2D eigenvalue weighted by molar-refractivity contribution is 6.30. The van der Waals surface area contributed by atoms with Crippen molar-refractivity contribution in [3.63, 3.8) is 0 Å². The van der Waals surface area contributed by atoms with Crippen LogP contribution in [0.15, 0.2) is 18.2 Å². The SMILES string of the molecule is NNC(Cc1cccc(Cl)c1F)CC1CCOCC1. The van der Waals surface area contributed by atoms with Crippen molar-refractivity contribution in [2.24, 2.45) is 11.8 Å². The molecule has 19 heavy (non-hydrogen) atoms. The van der Waals surface area contributed by atoms with Gasteiger partial charge in [-0.25, -0.2) is 4.39 Å². The van der Waals surface area contributed by atoms with Gasteiger partial charge in [0.1, 0.15) is 5.82 Å². The van der Waals surface area contributed by atoms with Crippen LogP contribution in [0.2, 0.25) is 5.02 Å². The average Bonchev–Trinajstić information content (AvgIpc) is 2.44. The van der Waals surface area contributed by atoms with Gasteiger partial charge in [0.25, 0.3) is 0 Å². The maximum absolute atomic E-state index is 13.9. The van der Waals surface area contributed by atoms with E-state index in [1.807, 2.05) is 0 Å². The molecule has 1 fully saturated rings. The fraction of sp³-hybridized carbons (Fsp3) is 0.571. The molecular weight excluding hydrogens is 267 g/mol. The van der Waals surface area contributed by atoms with Crippen molar-refractivity contribution < 1.29 is 9.13 Å². The third-order valence-electron chi connectivity index (χ3n) is 3.69. The maximum Gasteiger partial charge on any atom is 0.145 e. The van der Waals surface area contributed by atoms with Crippen LogP contribution < -0.4 is 11.3 Å². The molecular formula is C14H20ClFN2O. The van der Waals surface area contributed by atoms with E-state index in [0.717, 1.165) is 32.5 Å². The molecule has 106 valence electrons. The molecule has 1 aliphatic heterocycles. The Kier molecular flexibility index (Phi) is 5.58. The zero-order valence-corrected chi connectivity index (χ0v) is 11.6. The van der Waals surface area contributed by atoms with Crippen molar-refractivity contribution >= 4 is 11.6 Å². The van der Waals surface area contributed by atoms with Crippen LogP contribution in [0.5, 0.6) is 0 Å². The second kappa shape index (κ2) is 7.20. The molecule has 1 heterocycles. The first-order valence-corrected chi connectivity index (χ1v) is 7.05. The van der Waals surface area contributed by atoms with Gasteiger partial charge in [0, 0.05) is 19.3 Å². The Bertz CT molecular complexity index is 410. The first-order chi connectivity index (χ1) is 9.20. The molecule has 0 amide bonds. The predicted molar refractivity (Wildman–Crippen MR) is 74.4 cm³/mol. The molecule has 2 rings (SSSR count). The fourth-order valence-corrected chi connectivity index (χ4v) is 2.76. The topological polar surface area (TPSA) is 47.3 Å². The molecule has 1 aromatic carbocycles. The number of nitrogens with one attached hydrogen (secondary N) is 1. The summed E-state index contributed by atoms with van der Waals surface area (Å²) in [5, 5.41) is 0.166. The normalized spacial score (nSPS) is 18.5. The van der Waals surface area contributed by atoms with E-state index in [0.29, 0.717) is 17.9 Å². The molecule has 1 unspecified atom stereocenters. The molecule has 1 atom stereocenters. The standard InChI is InChI=1S/C14H20ClFN2O/c15-13-3-1-2-11(14(13)16)9-12(18-17)8-10-4-6-19-7-5-10/h1-3,10,12,18H,4-9,17H2. The van der Waals surface area contributed by atoms with Crippen LogP contribution in [0.3, 0.4) is 0 Å². The van der Waals surface area contributed by atoms with E-state index in [1.54, 1.807) is 18.2 Å². The highest BCUT2D eigenvalue weighted by atomic mass is 35.5. The third-order valence-corrected chi connectivity index (χ3v) is 3.98. The van der Waals surface area contributed by atoms with Gasteiger partial charge in [0.15, 0.2) is 0 Å². The third kappa shape index (κ3) is 4.14. The molecule has 0 bridgehead atoms. The summed E-state index contributed by atoms with van der Waals surface area (Å²) in [7, 11) is 0. The molecule has 0 spiro atoms. The zero-order chi connectivity index (χ0) is 13.7. The first-order valence-electron chi connectivity index (χ1n) is 6.67. The van der Waals surface area contributed by atoms with Crippen molar-refractivity contribution in [1.29, 1.82) is 0 Å². The summed E-state index contributed by atoms with van der Waals surface area (Å²) < 4.78 is 19.2. The Labute approximate surface area is 118 Å². The van der Waals surface area contributed by atoms with E-state index in [1.165, 1.54) is 0 Å². The second-order valence-corrected chi connectivity index (χ2v) is 5.48. The number of hydrogen-bond donors (Lipinski definition) is 2. The lowest BCUT2D eigenvalue weighted by atomic mass is 9.90. The average molecular weight is 287 g/mol. The van der Waals surface area contributed by atoms with Crippen molar-refractivity contribution in [3.8, 4) is 0 Å². The van der Waals surface area contributed by atoms with Crippen molar-refractivity contribution in [2.45, 2.75) is 31.7 Å². The molecule has 1 saturated heterocycles. The van der Waals surface area contributed by atoms with Gasteiger partial charge in [0.2, 0.25) is 0 Å². The van der Waals surface area contributed by atoms with Crippen LogP contribution in [-0.2, 0) is 11.2 Å². The second-order valence-electron chi connectivity index (χ2n) is 5.07. The highest BCUT2D eigenvalue weighted by Gasteiger charge is 2.20. The predicted octanol–water partition coefficient (Wildman–Crippen LogP) is 2.67. The van der Waals surface area contributed by atoms with E-state index in [2.05, 4.69) is 5.43 Å². The minimum absolute atomic E-state index is 0.0658. The highest BCUT2D eigenvalue weighted by Crippen LogP contribution is 2.24. The van der Waals surface area contributed by atoms with E-state index in [-0.39, 0.29) is 16.9 Å². The molecule has 1 aromatic rings. The first kappa shape index (κ1) is 14.7. The van der Waals surface area contributed by atoms with Gasteiger partial charge in [-0.3, -0.25) is 11.3 Å². The molecule has 0 saturated carbocycles. The number of halogens is 2. The minimum atomic E-state index is -0.337. The maximum atomic E-state index is 13.9. The summed E-state index contributed by atoms with van der Waals surface area (Å²) in [5.74, 6) is 5.85. The smallest absolute Gasteiger partial charge is 0.145 e. The van der Waals surface area contributed by atoms with Crippen LogP contribution >= 0.6 is 11.6 Å². The molecule has 3 N–H and O–H groups in total. The number of ether oxygens (including phenoxy) is 1. The summed E-state index contributed by atoms with van der Waals surface area (Å²) in [6.07, 6.45) is 3.60. The molecule has 0 aliphatic carbocycles. The van der Waals surface area contributed by atoms with Crippen LogP contribution in [0.25, 0.3) is 0 Å². The van der Waals surface area contributed by atoms with E-state index >= 15 is 0 Å². The Morgan fingerprint density at radius 3 is 2.84 bits per heavy atom. The quantitative estimate of drug-likeness (QED) is 0.646. The molecule has 5 heteroatoms. The molecule has 0 radical (unpaired) electrons. The van der Waals surface area contributed by atoms with Crippen LogP contribution in [0.1, 0.15) is 24.8 Å². The van der Waals surface area contributed by atoms with Crippen LogP contribution in [0.4, 0.5) is 4.39 Å². The lowest BCUT2D eigenvalue weighted by Gasteiger charge is -2.26. The lowest BCUT2D eigenvalue weighted by molar-refractivity contribution is 0.0605. The van der Waals surface area contributed by atoms with Gasteiger partial charge in [-0.2, -0.15) is 0 Å².